The first kappa shape index (κ1) is 20.7. The zero-order valence-electron chi connectivity index (χ0n) is 17.4. The number of halogens is 2. The van der Waals surface area contributed by atoms with Gasteiger partial charge in [0.05, 0.1) is 11.7 Å². The number of carbonyl (C=O) groups excluding carboxylic acids is 2. The molecule has 1 atom stereocenters. The first-order valence-electron chi connectivity index (χ1n) is 9.81. The molecule has 1 aliphatic rings. The maximum absolute atomic E-state index is 14.6. The van der Waals surface area contributed by atoms with Crippen molar-refractivity contribution in [2.24, 2.45) is 0 Å². The summed E-state index contributed by atoms with van der Waals surface area (Å²) >= 11 is 0. The summed E-state index contributed by atoms with van der Waals surface area (Å²) in [5.74, 6) is -1.95. The molecule has 3 heterocycles. The van der Waals surface area contributed by atoms with Gasteiger partial charge in [-0.25, -0.2) is 18.3 Å². The second-order valence-electron chi connectivity index (χ2n) is 7.92. The first-order chi connectivity index (χ1) is 14.7. The molecule has 1 aromatic carbocycles. The monoisotopic (exact) mass is 428 g/mol. The number of likely N-dealkylation sites (N-methyl/N-ethyl adjacent to an activating group) is 1. The predicted molar refractivity (Wildman–Crippen MR) is 111 cm³/mol. The van der Waals surface area contributed by atoms with E-state index in [1.54, 1.807) is 12.3 Å². The topological polar surface area (TPSA) is 82.8 Å². The second kappa shape index (κ2) is 7.60. The lowest BCUT2D eigenvalue weighted by Crippen LogP contribution is -2.40. The molecule has 31 heavy (non-hydrogen) atoms. The number of hydrogen-bond acceptors (Lipinski definition) is 5. The van der Waals surface area contributed by atoms with Gasteiger partial charge in [0, 0.05) is 32.4 Å². The fourth-order valence-electron chi connectivity index (χ4n) is 4.00. The normalized spacial score (nSPS) is 18.4. The third-order valence-corrected chi connectivity index (χ3v) is 5.63. The highest BCUT2D eigenvalue weighted by Gasteiger charge is 2.41. The van der Waals surface area contributed by atoms with Crippen LogP contribution < -0.4 is 10.2 Å². The van der Waals surface area contributed by atoms with Gasteiger partial charge in [-0.05, 0) is 44.0 Å². The molecule has 4 rings (SSSR count). The van der Waals surface area contributed by atoms with Crippen molar-refractivity contribution in [3.8, 4) is 0 Å². The van der Waals surface area contributed by atoms with Crippen LogP contribution in [-0.2, 0) is 15.1 Å². The van der Waals surface area contributed by atoms with Gasteiger partial charge in [0.15, 0.2) is 5.65 Å². The molecule has 1 saturated heterocycles. The number of fused-ring (bicyclic) bond motifs is 1. The molecule has 0 spiro atoms. The number of nitrogens with zero attached hydrogens (tertiary/aromatic N) is 5. The standard InChI is InChI=1S/C21H22F2N6O2/c1-21(14-11-13(22)5-6-15(14)23)8-4-9-28(21)17-7-10-29-18(26-17)16(12-24-29)25-19(30)20(31)27(2)3/h5-7,10-12H,4,8-9H2,1-3H3,(H,25,30)/t21-/m1/s1. The minimum atomic E-state index is -0.806. The van der Waals surface area contributed by atoms with Crippen molar-refractivity contribution >= 4 is 29.0 Å². The molecule has 0 aliphatic carbocycles. The van der Waals surface area contributed by atoms with Crippen LogP contribution in [0.5, 0.6) is 0 Å². The average molecular weight is 428 g/mol. The van der Waals surface area contributed by atoms with E-state index in [1.807, 2.05) is 11.8 Å². The van der Waals surface area contributed by atoms with Crippen LogP contribution in [0.2, 0.25) is 0 Å². The quantitative estimate of drug-likeness (QED) is 0.649. The molecule has 10 heteroatoms. The van der Waals surface area contributed by atoms with Crippen LogP contribution in [-0.4, -0.2) is 52.0 Å². The van der Waals surface area contributed by atoms with Gasteiger partial charge >= 0.3 is 11.8 Å². The summed E-state index contributed by atoms with van der Waals surface area (Å²) in [4.78, 5) is 31.7. The first-order valence-corrected chi connectivity index (χ1v) is 9.81. The van der Waals surface area contributed by atoms with E-state index in [0.29, 0.717) is 24.4 Å². The maximum Gasteiger partial charge on any atom is 0.314 e. The van der Waals surface area contributed by atoms with Crippen molar-refractivity contribution in [2.45, 2.75) is 25.3 Å². The molecule has 1 aliphatic heterocycles. The van der Waals surface area contributed by atoms with Gasteiger partial charge in [-0.1, -0.05) is 0 Å². The summed E-state index contributed by atoms with van der Waals surface area (Å²) in [6.07, 6.45) is 4.48. The fraction of sp³-hybridized carbons (Fsp3) is 0.333. The summed E-state index contributed by atoms with van der Waals surface area (Å²) in [6.45, 7) is 2.46. The summed E-state index contributed by atoms with van der Waals surface area (Å²) in [7, 11) is 2.96. The van der Waals surface area contributed by atoms with Gasteiger partial charge in [-0.3, -0.25) is 9.59 Å². The van der Waals surface area contributed by atoms with Crippen molar-refractivity contribution in [2.75, 3.05) is 30.9 Å². The smallest absolute Gasteiger partial charge is 0.314 e. The van der Waals surface area contributed by atoms with Crippen molar-refractivity contribution in [1.29, 1.82) is 0 Å². The van der Waals surface area contributed by atoms with Crippen LogP contribution in [0.25, 0.3) is 5.65 Å². The summed E-state index contributed by atoms with van der Waals surface area (Å²) in [5, 5.41) is 6.68. The van der Waals surface area contributed by atoms with Crippen LogP contribution in [0, 0.1) is 11.6 Å². The van der Waals surface area contributed by atoms with Gasteiger partial charge in [0.2, 0.25) is 0 Å². The predicted octanol–water partition coefficient (Wildman–Crippen LogP) is 2.55. The Kier molecular flexibility index (Phi) is 5.08. The van der Waals surface area contributed by atoms with E-state index in [-0.39, 0.29) is 11.3 Å². The number of hydrogen-bond donors (Lipinski definition) is 1. The number of amides is 2. The van der Waals surface area contributed by atoms with Crippen LogP contribution in [0.4, 0.5) is 20.3 Å². The minimum absolute atomic E-state index is 0.269. The Morgan fingerprint density at radius 1 is 1.23 bits per heavy atom. The lowest BCUT2D eigenvalue weighted by molar-refractivity contribution is -0.141. The molecule has 1 N–H and O–H groups in total. The number of rotatable bonds is 3. The molecular weight excluding hydrogens is 406 g/mol. The highest BCUT2D eigenvalue weighted by atomic mass is 19.1. The van der Waals surface area contributed by atoms with E-state index in [2.05, 4.69) is 15.4 Å². The van der Waals surface area contributed by atoms with Crippen molar-refractivity contribution in [1.82, 2.24) is 19.5 Å². The Hall–Kier alpha value is -3.56. The largest absolute Gasteiger partial charge is 0.347 e. The number of benzene rings is 1. The summed E-state index contributed by atoms with van der Waals surface area (Å²) in [6, 6.07) is 5.19. The molecule has 0 radical (unpaired) electrons. The molecule has 0 saturated carbocycles. The van der Waals surface area contributed by atoms with Crippen molar-refractivity contribution in [3.63, 3.8) is 0 Å². The molecule has 0 unspecified atom stereocenters. The molecule has 1 fully saturated rings. The summed E-state index contributed by atoms with van der Waals surface area (Å²) in [5.41, 5.74) is 0.0959. The molecule has 2 aromatic heterocycles. The highest BCUT2D eigenvalue weighted by Crippen LogP contribution is 2.42. The number of nitrogens with one attached hydrogen (secondary N) is 1. The Balaban J connectivity index is 1.72. The van der Waals surface area contributed by atoms with Crippen molar-refractivity contribution < 1.29 is 18.4 Å². The number of aromatic nitrogens is 3. The Labute approximate surface area is 177 Å². The van der Waals surface area contributed by atoms with Gasteiger partial charge in [-0.2, -0.15) is 5.10 Å². The summed E-state index contributed by atoms with van der Waals surface area (Å²) < 4.78 is 29.9. The minimum Gasteiger partial charge on any atom is -0.347 e. The SMILES string of the molecule is CN(C)C(=O)C(=O)Nc1cnn2ccc(N3CCC[C@]3(C)c3cc(F)ccc3F)nc12. The second-order valence-corrected chi connectivity index (χ2v) is 7.92. The fourth-order valence-corrected chi connectivity index (χ4v) is 4.00. The number of carbonyl (C=O) groups is 2. The third-order valence-electron chi connectivity index (χ3n) is 5.63. The van der Waals surface area contributed by atoms with Gasteiger partial charge in [-0.15, -0.1) is 0 Å². The van der Waals surface area contributed by atoms with Crippen LogP contribution in [0.15, 0.2) is 36.7 Å². The lowest BCUT2D eigenvalue weighted by atomic mass is 9.88. The lowest BCUT2D eigenvalue weighted by Gasteiger charge is -2.37. The van der Waals surface area contributed by atoms with Gasteiger partial charge < -0.3 is 15.1 Å². The van der Waals surface area contributed by atoms with E-state index >= 15 is 0 Å². The Morgan fingerprint density at radius 2 is 2.00 bits per heavy atom. The zero-order chi connectivity index (χ0) is 22.3. The Bertz CT molecular complexity index is 1180. The van der Waals surface area contributed by atoms with E-state index in [1.165, 1.54) is 35.8 Å². The van der Waals surface area contributed by atoms with Crippen LogP contribution >= 0.6 is 0 Å². The van der Waals surface area contributed by atoms with E-state index in [9.17, 15) is 18.4 Å². The third kappa shape index (κ3) is 3.58. The molecule has 2 amide bonds. The molecular formula is C21H22F2N6O2. The number of anilines is 2. The van der Waals surface area contributed by atoms with E-state index < -0.39 is 29.0 Å². The molecule has 8 nitrogen and oxygen atoms in total. The Morgan fingerprint density at radius 3 is 2.74 bits per heavy atom. The molecule has 162 valence electrons. The molecule has 3 aromatic rings. The van der Waals surface area contributed by atoms with Crippen LogP contribution in [0.1, 0.15) is 25.3 Å². The van der Waals surface area contributed by atoms with Gasteiger partial charge in [0.1, 0.15) is 23.1 Å². The maximum atomic E-state index is 14.6. The van der Waals surface area contributed by atoms with Gasteiger partial charge in [0.25, 0.3) is 0 Å². The highest BCUT2D eigenvalue weighted by molar-refractivity contribution is 6.39. The van der Waals surface area contributed by atoms with Crippen LogP contribution in [0.3, 0.4) is 0 Å². The zero-order valence-corrected chi connectivity index (χ0v) is 17.4. The van der Waals surface area contributed by atoms with Crippen molar-refractivity contribution in [3.05, 3.63) is 53.9 Å². The van der Waals surface area contributed by atoms with E-state index in [4.69, 9.17) is 0 Å². The van der Waals surface area contributed by atoms with E-state index in [0.717, 1.165) is 18.6 Å². The average Bonchev–Trinajstić information content (AvgIpc) is 3.32. The molecule has 0 bridgehead atoms.